The van der Waals surface area contributed by atoms with E-state index in [0.717, 1.165) is 24.1 Å². The largest absolute Gasteiger partial charge is 0.341 e. The molecule has 4 nitrogen and oxygen atoms in total. The van der Waals surface area contributed by atoms with Gasteiger partial charge in [-0.2, -0.15) is 0 Å². The van der Waals surface area contributed by atoms with Crippen molar-refractivity contribution in [2.75, 3.05) is 13.3 Å². The maximum atomic E-state index is 12.3. The van der Waals surface area contributed by atoms with Gasteiger partial charge in [0.2, 0.25) is 5.91 Å². The molecule has 2 atom stereocenters. The lowest BCUT2D eigenvalue weighted by molar-refractivity contribution is -0.131. The summed E-state index contributed by atoms with van der Waals surface area (Å²) in [6, 6.07) is 3.68. The van der Waals surface area contributed by atoms with E-state index in [2.05, 4.69) is 0 Å². The topological polar surface area (TPSA) is 54.5 Å². The van der Waals surface area contributed by atoms with Gasteiger partial charge in [-0.05, 0) is 24.3 Å². The number of thiophene rings is 1. The van der Waals surface area contributed by atoms with E-state index in [-0.39, 0.29) is 11.9 Å². The third-order valence-corrected chi connectivity index (χ3v) is 6.54. The van der Waals surface area contributed by atoms with Crippen LogP contribution in [0.1, 0.15) is 30.6 Å². The zero-order valence-corrected chi connectivity index (χ0v) is 13.5. The summed E-state index contributed by atoms with van der Waals surface area (Å²) in [4.78, 5) is 15.0. The van der Waals surface area contributed by atoms with E-state index < -0.39 is 15.1 Å². The van der Waals surface area contributed by atoms with Gasteiger partial charge in [-0.3, -0.25) is 4.79 Å². The normalized spacial score (nSPS) is 23.5. The summed E-state index contributed by atoms with van der Waals surface area (Å²) in [5.74, 6) is 0.00741. The number of sulfone groups is 1. The molecule has 1 fully saturated rings. The Morgan fingerprint density at radius 3 is 2.70 bits per heavy atom. The molecule has 1 saturated carbocycles. The average Bonchev–Trinajstić information content (AvgIpc) is 2.89. The van der Waals surface area contributed by atoms with Crippen LogP contribution in [0.5, 0.6) is 0 Å². The Kier molecular flexibility index (Phi) is 4.86. The third-order valence-electron chi connectivity index (χ3n) is 4.01. The number of rotatable bonds is 4. The standard InChI is InChI=1S/C14H21NO3S2/c1-15(14(16)10-11-6-5-9-19-11)12-7-3-4-8-13(12)20(2,17)18/h5-6,9,12-13H,3-4,7-8,10H2,1-2H3/t12-,13+/m1/s1. The molecule has 1 heterocycles. The second-order valence-corrected chi connectivity index (χ2v) is 8.78. The van der Waals surface area contributed by atoms with E-state index in [1.807, 2.05) is 17.5 Å². The molecule has 0 aliphatic heterocycles. The van der Waals surface area contributed by atoms with Crippen LogP contribution < -0.4 is 0 Å². The summed E-state index contributed by atoms with van der Waals surface area (Å²) < 4.78 is 23.8. The highest BCUT2D eigenvalue weighted by Crippen LogP contribution is 2.28. The summed E-state index contributed by atoms with van der Waals surface area (Å²) >= 11 is 1.56. The van der Waals surface area contributed by atoms with Gasteiger partial charge in [0, 0.05) is 24.2 Å². The number of amides is 1. The van der Waals surface area contributed by atoms with Crippen molar-refractivity contribution in [3.63, 3.8) is 0 Å². The lowest BCUT2D eigenvalue weighted by Crippen LogP contribution is -2.49. The molecule has 0 saturated heterocycles. The second kappa shape index (κ2) is 6.26. The minimum absolute atomic E-state index is 0.00741. The smallest absolute Gasteiger partial charge is 0.227 e. The Morgan fingerprint density at radius 2 is 2.10 bits per heavy atom. The highest BCUT2D eigenvalue weighted by Gasteiger charge is 2.36. The van der Waals surface area contributed by atoms with Crippen LogP contribution in [0.3, 0.4) is 0 Å². The molecule has 1 aromatic rings. The molecule has 0 radical (unpaired) electrons. The monoisotopic (exact) mass is 315 g/mol. The van der Waals surface area contributed by atoms with Crippen LogP contribution in [0.4, 0.5) is 0 Å². The van der Waals surface area contributed by atoms with E-state index in [4.69, 9.17) is 0 Å². The minimum Gasteiger partial charge on any atom is -0.341 e. The van der Waals surface area contributed by atoms with Gasteiger partial charge < -0.3 is 4.90 Å². The molecule has 20 heavy (non-hydrogen) atoms. The molecule has 0 N–H and O–H groups in total. The number of likely N-dealkylation sites (N-methyl/N-ethyl adjacent to an activating group) is 1. The number of nitrogens with zero attached hydrogens (tertiary/aromatic N) is 1. The Morgan fingerprint density at radius 1 is 1.40 bits per heavy atom. The summed E-state index contributed by atoms with van der Waals surface area (Å²) in [6.07, 6.45) is 5.02. The van der Waals surface area contributed by atoms with Crippen molar-refractivity contribution >= 4 is 27.1 Å². The summed E-state index contributed by atoms with van der Waals surface area (Å²) in [7, 11) is -1.37. The van der Waals surface area contributed by atoms with Gasteiger partial charge >= 0.3 is 0 Å². The molecular weight excluding hydrogens is 294 g/mol. The first-order valence-corrected chi connectivity index (χ1v) is 9.70. The van der Waals surface area contributed by atoms with Crippen LogP contribution >= 0.6 is 11.3 Å². The Hall–Kier alpha value is -0.880. The van der Waals surface area contributed by atoms with Crippen LogP contribution in [-0.2, 0) is 21.1 Å². The van der Waals surface area contributed by atoms with Crippen molar-refractivity contribution in [2.24, 2.45) is 0 Å². The van der Waals surface area contributed by atoms with Gasteiger partial charge in [0.1, 0.15) is 0 Å². The lowest BCUT2D eigenvalue weighted by Gasteiger charge is -2.37. The fraction of sp³-hybridized carbons (Fsp3) is 0.643. The first kappa shape index (κ1) is 15.5. The quantitative estimate of drug-likeness (QED) is 0.855. The predicted molar refractivity (Wildman–Crippen MR) is 81.7 cm³/mol. The molecule has 0 bridgehead atoms. The molecule has 0 spiro atoms. The second-order valence-electron chi connectivity index (χ2n) is 5.48. The summed E-state index contributed by atoms with van der Waals surface area (Å²) in [6.45, 7) is 0. The average molecular weight is 315 g/mol. The van der Waals surface area contributed by atoms with E-state index in [1.165, 1.54) is 6.26 Å². The molecule has 1 aliphatic rings. The van der Waals surface area contributed by atoms with Crippen molar-refractivity contribution in [2.45, 2.75) is 43.4 Å². The van der Waals surface area contributed by atoms with Crippen molar-refractivity contribution in [1.29, 1.82) is 0 Å². The van der Waals surface area contributed by atoms with E-state index in [0.29, 0.717) is 12.8 Å². The van der Waals surface area contributed by atoms with Gasteiger partial charge in [0.05, 0.1) is 11.7 Å². The highest BCUT2D eigenvalue weighted by molar-refractivity contribution is 7.91. The molecule has 112 valence electrons. The van der Waals surface area contributed by atoms with E-state index in [9.17, 15) is 13.2 Å². The van der Waals surface area contributed by atoms with Gasteiger partial charge in [-0.15, -0.1) is 11.3 Å². The first-order chi connectivity index (χ1) is 9.39. The van der Waals surface area contributed by atoms with Crippen LogP contribution in [0.25, 0.3) is 0 Å². The molecule has 2 rings (SSSR count). The SMILES string of the molecule is CN(C(=O)Cc1cccs1)[C@@H]1CCCC[C@@H]1S(C)(=O)=O. The molecule has 0 unspecified atom stereocenters. The maximum Gasteiger partial charge on any atom is 0.227 e. The molecule has 0 aromatic carbocycles. The van der Waals surface area contributed by atoms with Gasteiger partial charge in [-0.1, -0.05) is 18.9 Å². The first-order valence-electron chi connectivity index (χ1n) is 6.86. The fourth-order valence-electron chi connectivity index (χ4n) is 2.89. The molecule has 6 heteroatoms. The Balaban J connectivity index is 2.09. The van der Waals surface area contributed by atoms with Crippen molar-refractivity contribution in [1.82, 2.24) is 4.90 Å². The number of hydrogen-bond donors (Lipinski definition) is 0. The van der Waals surface area contributed by atoms with Gasteiger partial charge in [0.15, 0.2) is 9.84 Å². The fourth-order valence-corrected chi connectivity index (χ4v) is 5.07. The number of carbonyl (C=O) groups is 1. The maximum absolute atomic E-state index is 12.3. The molecular formula is C14H21NO3S2. The van der Waals surface area contributed by atoms with Crippen molar-refractivity contribution in [3.05, 3.63) is 22.4 Å². The molecule has 1 aliphatic carbocycles. The van der Waals surface area contributed by atoms with Crippen molar-refractivity contribution in [3.8, 4) is 0 Å². The van der Waals surface area contributed by atoms with Crippen LogP contribution in [-0.4, -0.2) is 43.8 Å². The Labute approximate surface area is 124 Å². The van der Waals surface area contributed by atoms with Crippen molar-refractivity contribution < 1.29 is 13.2 Å². The highest BCUT2D eigenvalue weighted by atomic mass is 32.2. The number of carbonyl (C=O) groups excluding carboxylic acids is 1. The zero-order valence-electron chi connectivity index (χ0n) is 11.9. The minimum atomic E-state index is -3.11. The van der Waals surface area contributed by atoms with Crippen LogP contribution in [0.15, 0.2) is 17.5 Å². The number of hydrogen-bond acceptors (Lipinski definition) is 4. The molecule has 1 amide bonds. The summed E-state index contributed by atoms with van der Waals surface area (Å²) in [5, 5.41) is 1.54. The lowest BCUT2D eigenvalue weighted by atomic mass is 9.93. The van der Waals surface area contributed by atoms with Crippen LogP contribution in [0.2, 0.25) is 0 Å². The Bertz CT molecular complexity index is 551. The van der Waals surface area contributed by atoms with E-state index in [1.54, 1.807) is 23.3 Å². The summed E-state index contributed by atoms with van der Waals surface area (Å²) in [5.41, 5.74) is 0. The van der Waals surface area contributed by atoms with Gasteiger partial charge in [-0.25, -0.2) is 8.42 Å². The molecule has 1 aromatic heterocycles. The van der Waals surface area contributed by atoms with Crippen LogP contribution in [0, 0.1) is 0 Å². The third kappa shape index (κ3) is 3.61. The zero-order chi connectivity index (χ0) is 14.8. The predicted octanol–water partition coefficient (Wildman–Crippen LogP) is 2.10. The van der Waals surface area contributed by atoms with E-state index >= 15 is 0 Å². The van der Waals surface area contributed by atoms with Gasteiger partial charge in [0.25, 0.3) is 0 Å².